The molecule has 0 atom stereocenters. The van der Waals surface area contributed by atoms with E-state index in [1.54, 1.807) is 0 Å². The lowest BCUT2D eigenvalue weighted by Gasteiger charge is -2.35. The Bertz CT molecular complexity index is 55.2. The lowest BCUT2D eigenvalue weighted by atomic mass is 10.0. The predicted molar refractivity (Wildman–Crippen MR) is 31.3 cm³/mol. The molecule has 7 heavy (non-hydrogen) atoms. The maximum atomic E-state index is 2.45. The third-order valence-corrected chi connectivity index (χ3v) is 1.59. The summed E-state index contributed by atoms with van der Waals surface area (Å²) in [6.07, 6.45) is 0. The Morgan fingerprint density at radius 2 is 2.14 bits per heavy atom. The molecule has 0 aromatic heterocycles. The maximum absolute atomic E-state index is 2.45. The first kappa shape index (κ1) is 5.10. The van der Waals surface area contributed by atoms with Gasteiger partial charge in [-0.05, 0) is 12.5 Å². The van der Waals surface area contributed by atoms with Crippen LogP contribution in [0.4, 0.5) is 0 Å². The minimum atomic E-state index is 0.972. The zero-order valence-corrected chi connectivity index (χ0v) is 5.15. The largest absolute Gasteiger partial charge is 0.303 e. The number of hydrogen-bond donors (Lipinski definition) is 0. The molecular formula is C6H13N. The molecule has 1 aliphatic rings. The molecule has 42 valence electrons. The molecule has 0 aliphatic carbocycles. The Morgan fingerprint density at radius 1 is 1.57 bits per heavy atom. The lowest BCUT2D eigenvalue weighted by Crippen LogP contribution is -2.44. The van der Waals surface area contributed by atoms with Crippen LogP contribution in [-0.4, -0.2) is 24.5 Å². The van der Waals surface area contributed by atoms with Crippen molar-refractivity contribution in [1.82, 2.24) is 4.90 Å². The van der Waals surface area contributed by atoms with Crippen LogP contribution in [0.25, 0.3) is 0 Å². The van der Waals surface area contributed by atoms with E-state index < -0.39 is 0 Å². The van der Waals surface area contributed by atoms with Gasteiger partial charge in [-0.3, -0.25) is 0 Å². The number of likely N-dealkylation sites (tertiary alicyclic amines) is 1. The SMILES string of the molecule is CCN1CC(C)C1. The first-order chi connectivity index (χ1) is 3.33. The van der Waals surface area contributed by atoms with Crippen LogP contribution < -0.4 is 0 Å². The average Bonchev–Trinajstić information content (AvgIpc) is 1.58. The Balaban J connectivity index is 2.06. The minimum absolute atomic E-state index is 0.972. The van der Waals surface area contributed by atoms with Crippen molar-refractivity contribution in [2.75, 3.05) is 19.6 Å². The van der Waals surface area contributed by atoms with Crippen molar-refractivity contribution in [3.8, 4) is 0 Å². The van der Waals surface area contributed by atoms with Gasteiger partial charge in [-0.1, -0.05) is 13.8 Å². The monoisotopic (exact) mass is 99.1 g/mol. The highest BCUT2D eigenvalue weighted by molar-refractivity contribution is 4.73. The zero-order chi connectivity index (χ0) is 5.28. The van der Waals surface area contributed by atoms with E-state index in [1.165, 1.54) is 19.6 Å². The van der Waals surface area contributed by atoms with Crippen molar-refractivity contribution in [2.24, 2.45) is 5.92 Å². The van der Waals surface area contributed by atoms with Gasteiger partial charge in [0.2, 0.25) is 0 Å². The standard InChI is InChI=1S/C6H13N/c1-3-7-4-6(2)5-7/h6H,3-5H2,1-2H3. The fourth-order valence-electron chi connectivity index (χ4n) is 1.09. The van der Waals surface area contributed by atoms with Crippen LogP contribution in [0.2, 0.25) is 0 Å². The van der Waals surface area contributed by atoms with E-state index in [-0.39, 0.29) is 0 Å². The molecular weight excluding hydrogens is 86.1 g/mol. The molecule has 1 heteroatoms. The van der Waals surface area contributed by atoms with E-state index in [2.05, 4.69) is 18.7 Å². The average molecular weight is 99.2 g/mol. The van der Waals surface area contributed by atoms with Crippen molar-refractivity contribution in [1.29, 1.82) is 0 Å². The van der Waals surface area contributed by atoms with Gasteiger partial charge in [-0.25, -0.2) is 0 Å². The quantitative estimate of drug-likeness (QED) is 0.473. The van der Waals surface area contributed by atoms with Crippen LogP contribution >= 0.6 is 0 Å². The van der Waals surface area contributed by atoms with Gasteiger partial charge in [-0.15, -0.1) is 0 Å². The molecule has 0 spiro atoms. The Morgan fingerprint density at radius 3 is 2.29 bits per heavy atom. The van der Waals surface area contributed by atoms with Gasteiger partial charge in [-0.2, -0.15) is 0 Å². The van der Waals surface area contributed by atoms with Gasteiger partial charge >= 0.3 is 0 Å². The summed E-state index contributed by atoms with van der Waals surface area (Å²) in [5.41, 5.74) is 0. The van der Waals surface area contributed by atoms with Gasteiger partial charge in [0.05, 0.1) is 0 Å². The smallest absolute Gasteiger partial charge is 0.00192 e. The third-order valence-electron chi connectivity index (χ3n) is 1.59. The Kier molecular flexibility index (Phi) is 1.33. The van der Waals surface area contributed by atoms with Crippen molar-refractivity contribution < 1.29 is 0 Å². The number of nitrogens with zero attached hydrogens (tertiary/aromatic N) is 1. The summed E-state index contributed by atoms with van der Waals surface area (Å²) >= 11 is 0. The lowest BCUT2D eigenvalue weighted by molar-refractivity contribution is 0.121. The van der Waals surface area contributed by atoms with Crippen molar-refractivity contribution in [2.45, 2.75) is 13.8 Å². The normalized spacial score (nSPS) is 24.9. The summed E-state index contributed by atoms with van der Waals surface area (Å²) in [6, 6.07) is 0. The highest BCUT2D eigenvalue weighted by Gasteiger charge is 2.19. The van der Waals surface area contributed by atoms with E-state index in [4.69, 9.17) is 0 Å². The molecule has 1 fully saturated rings. The number of rotatable bonds is 1. The van der Waals surface area contributed by atoms with Gasteiger partial charge in [0.15, 0.2) is 0 Å². The Hall–Kier alpha value is -0.0400. The molecule has 0 bridgehead atoms. The minimum Gasteiger partial charge on any atom is -0.303 e. The molecule has 1 nitrogen and oxygen atoms in total. The first-order valence-electron chi connectivity index (χ1n) is 3.05. The summed E-state index contributed by atoms with van der Waals surface area (Å²) in [6.45, 7) is 8.41. The van der Waals surface area contributed by atoms with Gasteiger partial charge in [0.25, 0.3) is 0 Å². The molecule has 1 heterocycles. The number of hydrogen-bond acceptors (Lipinski definition) is 1. The Labute approximate surface area is 45.3 Å². The summed E-state index contributed by atoms with van der Waals surface area (Å²) in [4.78, 5) is 2.45. The highest BCUT2D eigenvalue weighted by Crippen LogP contribution is 2.11. The topological polar surface area (TPSA) is 3.24 Å². The van der Waals surface area contributed by atoms with Crippen LogP contribution in [0.3, 0.4) is 0 Å². The van der Waals surface area contributed by atoms with Crippen LogP contribution in [0.15, 0.2) is 0 Å². The summed E-state index contributed by atoms with van der Waals surface area (Å²) in [5.74, 6) is 0.972. The molecule has 0 aromatic carbocycles. The second-order valence-corrected chi connectivity index (χ2v) is 2.46. The fourth-order valence-corrected chi connectivity index (χ4v) is 1.09. The maximum Gasteiger partial charge on any atom is 0.00192 e. The molecule has 1 saturated heterocycles. The highest BCUT2D eigenvalue weighted by atomic mass is 15.2. The van der Waals surface area contributed by atoms with Crippen molar-refractivity contribution in [3.05, 3.63) is 0 Å². The predicted octanol–water partition coefficient (Wildman–Crippen LogP) is 0.958. The van der Waals surface area contributed by atoms with E-state index in [0.29, 0.717) is 0 Å². The van der Waals surface area contributed by atoms with Gasteiger partial charge < -0.3 is 4.90 Å². The first-order valence-corrected chi connectivity index (χ1v) is 3.05. The molecule has 0 saturated carbocycles. The van der Waals surface area contributed by atoms with E-state index in [9.17, 15) is 0 Å². The van der Waals surface area contributed by atoms with Crippen LogP contribution in [-0.2, 0) is 0 Å². The fraction of sp³-hybridized carbons (Fsp3) is 1.00. The molecule has 0 radical (unpaired) electrons. The van der Waals surface area contributed by atoms with E-state index >= 15 is 0 Å². The van der Waals surface area contributed by atoms with Crippen LogP contribution in [0, 0.1) is 5.92 Å². The molecule has 0 N–H and O–H groups in total. The summed E-state index contributed by atoms with van der Waals surface area (Å²) in [7, 11) is 0. The van der Waals surface area contributed by atoms with E-state index in [0.717, 1.165) is 5.92 Å². The van der Waals surface area contributed by atoms with Gasteiger partial charge in [0, 0.05) is 13.1 Å². The summed E-state index contributed by atoms with van der Waals surface area (Å²) in [5, 5.41) is 0. The molecule has 0 unspecified atom stereocenters. The zero-order valence-electron chi connectivity index (χ0n) is 5.15. The molecule has 1 aliphatic heterocycles. The van der Waals surface area contributed by atoms with E-state index in [1.807, 2.05) is 0 Å². The molecule has 1 rings (SSSR count). The third kappa shape index (κ3) is 0.942. The second kappa shape index (κ2) is 1.83. The molecule has 0 amide bonds. The van der Waals surface area contributed by atoms with Crippen molar-refractivity contribution >= 4 is 0 Å². The van der Waals surface area contributed by atoms with Gasteiger partial charge in [0.1, 0.15) is 0 Å². The second-order valence-electron chi connectivity index (χ2n) is 2.46. The molecule has 0 aromatic rings. The van der Waals surface area contributed by atoms with Crippen LogP contribution in [0.1, 0.15) is 13.8 Å². The van der Waals surface area contributed by atoms with Crippen LogP contribution in [0.5, 0.6) is 0 Å². The summed E-state index contributed by atoms with van der Waals surface area (Å²) < 4.78 is 0. The van der Waals surface area contributed by atoms with Crippen molar-refractivity contribution in [3.63, 3.8) is 0 Å².